The molecule has 1 atom stereocenters. The predicted octanol–water partition coefficient (Wildman–Crippen LogP) is 4.58. The summed E-state index contributed by atoms with van der Waals surface area (Å²) in [6, 6.07) is 16.7. The lowest BCUT2D eigenvalue weighted by atomic mass is 10.1. The first-order valence-corrected chi connectivity index (χ1v) is 10.1. The normalized spacial score (nSPS) is 20.4. The number of fused-ring (bicyclic) bond motifs is 1. The van der Waals surface area contributed by atoms with Gasteiger partial charge in [0.2, 0.25) is 0 Å². The molecule has 1 saturated heterocycles. The molecule has 1 unspecified atom stereocenters. The Morgan fingerprint density at radius 2 is 1.74 bits per heavy atom. The van der Waals surface area contributed by atoms with E-state index in [1.165, 1.54) is 28.2 Å². The Morgan fingerprint density at radius 3 is 2.52 bits per heavy atom. The number of amides is 1. The monoisotopic (exact) mass is 341 g/mol. The zero-order valence-electron chi connectivity index (χ0n) is 12.8. The molecular weight excluding hydrogens is 322 g/mol. The Labute approximate surface area is 145 Å². The number of rotatable bonds is 3. The lowest BCUT2D eigenvalue weighted by Gasteiger charge is -2.15. The highest BCUT2D eigenvalue weighted by molar-refractivity contribution is 8.19. The molecule has 0 radical (unpaired) electrons. The fourth-order valence-electron chi connectivity index (χ4n) is 3.29. The van der Waals surface area contributed by atoms with Gasteiger partial charge in [-0.1, -0.05) is 36.4 Å². The number of thioether (sulfide) groups is 2. The molecule has 1 aliphatic heterocycles. The molecule has 2 aromatic carbocycles. The maximum absolute atomic E-state index is 12.5. The van der Waals surface area contributed by atoms with Crippen LogP contribution in [-0.2, 0) is 6.42 Å². The van der Waals surface area contributed by atoms with Crippen molar-refractivity contribution in [1.82, 2.24) is 5.32 Å². The summed E-state index contributed by atoms with van der Waals surface area (Å²) in [7, 11) is 0. The molecule has 1 heterocycles. The molecule has 2 aromatic rings. The van der Waals surface area contributed by atoms with Crippen molar-refractivity contribution in [2.45, 2.75) is 23.5 Å². The van der Waals surface area contributed by atoms with Crippen LogP contribution in [0.15, 0.2) is 48.5 Å². The minimum Gasteiger partial charge on any atom is -0.345 e. The zero-order chi connectivity index (χ0) is 15.6. The number of benzene rings is 2. The van der Waals surface area contributed by atoms with Crippen LogP contribution < -0.4 is 5.32 Å². The summed E-state index contributed by atoms with van der Waals surface area (Å²) < 4.78 is 0.536. The van der Waals surface area contributed by atoms with Gasteiger partial charge in [-0.3, -0.25) is 4.79 Å². The van der Waals surface area contributed by atoms with Gasteiger partial charge in [-0.05, 0) is 41.7 Å². The number of hydrogen-bond acceptors (Lipinski definition) is 3. The number of nitrogens with one attached hydrogen (secondary N) is 1. The summed E-state index contributed by atoms with van der Waals surface area (Å²) in [6.45, 7) is 0. The third kappa shape index (κ3) is 3.15. The summed E-state index contributed by atoms with van der Waals surface area (Å²) in [6.07, 6.45) is 2.05. The summed E-state index contributed by atoms with van der Waals surface area (Å²) in [5, 5.41) is 3.19. The van der Waals surface area contributed by atoms with Crippen LogP contribution >= 0.6 is 23.5 Å². The highest BCUT2D eigenvalue weighted by Gasteiger charge is 2.24. The summed E-state index contributed by atoms with van der Waals surface area (Å²) in [5.41, 5.74) is 4.71. The van der Waals surface area contributed by atoms with Gasteiger partial charge >= 0.3 is 0 Å². The minimum atomic E-state index is 0.0324. The summed E-state index contributed by atoms with van der Waals surface area (Å²) in [5.74, 6) is 2.47. The summed E-state index contributed by atoms with van der Waals surface area (Å²) in [4.78, 5) is 12.5. The first-order valence-electron chi connectivity index (χ1n) is 8.03. The lowest BCUT2D eigenvalue weighted by molar-refractivity contribution is 0.0936. The van der Waals surface area contributed by atoms with Crippen LogP contribution in [-0.4, -0.2) is 17.4 Å². The Bertz CT molecular complexity index is 708. The number of aryl methyl sites for hydroxylation is 1. The second kappa shape index (κ2) is 6.62. The second-order valence-electron chi connectivity index (χ2n) is 5.96. The van der Waals surface area contributed by atoms with Gasteiger partial charge in [-0.15, -0.1) is 23.5 Å². The molecule has 1 N–H and O–H groups in total. The third-order valence-electron chi connectivity index (χ3n) is 4.51. The smallest absolute Gasteiger partial charge is 0.251 e. The van der Waals surface area contributed by atoms with E-state index in [1.807, 2.05) is 35.7 Å². The van der Waals surface area contributed by atoms with Crippen molar-refractivity contribution in [1.29, 1.82) is 0 Å². The molecule has 0 spiro atoms. The van der Waals surface area contributed by atoms with Crippen molar-refractivity contribution < 1.29 is 4.79 Å². The second-order valence-corrected chi connectivity index (χ2v) is 8.68. The van der Waals surface area contributed by atoms with Crippen LogP contribution in [0.4, 0.5) is 0 Å². The standard InChI is InChI=1S/C19H19NOS2/c21-18(20-17-10-9-13-3-1-2-4-16(13)17)14-5-7-15(8-6-14)19-22-11-12-23-19/h1-8,17,19H,9-12H2,(H,20,21). The minimum absolute atomic E-state index is 0.0324. The Kier molecular flexibility index (Phi) is 4.36. The molecule has 0 saturated carbocycles. The first kappa shape index (κ1) is 15.2. The Balaban J connectivity index is 1.45. The van der Waals surface area contributed by atoms with Crippen LogP contribution in [0.1, 0.15) is 44.1 Å². The molecule has 0 aromatic heterocycles. The maximum Gasteiger partial charge on any atom is 0.251 e. The molecule has 2 nitrogen and oxygen atoms in total. The van der Waals surface area contributed by atoms with E-state index in [0.717, 1.165) is 18.4 Å². The van der Waals surface area contributed by atoms with Gasteiger partial charge in [0.15, 0.2) is 0 Å². The van der Waals surface area contributed by atoms with E-state index in [-0.39, 0.29) is 11.9 Å². The molecule has 0 bridgehead atoms. The molecule has 1 amide bonds. The topological polar surface area (TPSA) is 29.1 Å². The third-order valence-corrected chi connectivity index (χ3v) is 7.61. The van der Waals surface area contributed by atoms with E-state index in [2.05, 4.69) is 41.7 Å². The van der Waals surface area contributed by atoms with E-state index in [9.17, 15) is 4.79 Å². The average Bonchev–Trinajstić information content (AvgIpc) is 3.25. The van der Waals surface area contributed by atoms with E-state index in [0.29, 0.717) is 4.58 Å². The van der Waals surface area contributed by atoms with Crippen LogP contribution in [0.5, 0.6) is 0 Å². The van der Waals surface area contributed by atoms with Crippen molar-refractivity contribution in [2.24, 2.45) is 0 Å². The Morgan fingerprint density at radius 1 is 1.00 bits per heavy atom. The molecular formula is C19H19NOS2. The van der Waals surface area contributed by atoms with Crippen LogP contribution in [0.2, 0.25) is 0 Å². The maximum atomic E-state index is 12.5. The van der Waals surface area contributed by atoms with Crippen molar-refractivity contribution >= 4 is 29.4 Å². The first-order chi connectivity index (χ1) is 11.3. The van der Waals surface area contributed by atoms with E-state index in [4.69, 9.17) is 0 Å². The molecule has 4 heteroatoms. The molecule has 1 fully saturated rings. The van der Waals surface area contributed by atoms with Crippen LogP contribution in [0.3, 0.4) is 0 Å². The van der Waals surface area contributed by atoms with E-state index >= 15 is 0 Å². The molecule has 2 aliphatic rings. The van der Waals surface area contributed by atoms with Gasteiger partial charge in [0.05, 0.1) is 10.6 Å². The molecule has 118 valence electrons. The average molecular weight is 342 g/mol. The highest BCUT2D eigenvalue weighted by Crippen LogP contribution is 2.45. The fourth-order valence-corrected chi connectivity index (χ4v) is 6.15. The van der Waals surface area contributed by atoms with Crippen molar-refractivity contribution in [3.8, 4) is 0 Å². The molecule has 4 rings (SSSR count). The number of carbonyl (C=O) groups excluding carboxylic acids is 1. The quantitative estimate of drug-likeness (QED) is 0.886. The van der Waals surface area contributed by atoms with Crippen LogP contribution in [0.25, 0.3) is 0 Å². The zero-order valence-corrected chi connectivity index (χ0v) is 14.5. The molecule has 23 heavy (non-hydrogen) atoms. The van der Waals surface area contributed by atoms with E-state index < -0.39 is 0 Å². The van der Waals surface area contributed by atoms with Gasteiger partial charge in [0.25, 0.3) is 5.91 Å². The Hall–Kier alpha value is -1.39. The van der Waals surface area contributed by atoms with Crippen molar-refractivity contribution in [2.75, 3.05) is 11.5 Å². The van der Waals surface area contributed by atoms with Gasteiger partial charge in [-0.2, -0.15) is 0 Å². The van der Waals surface area contributed by atoms with Gasteiger partial charge < -0.3 is 5.32 Å². The van der Waals surface area contributed by atoms with Crippen molar-refractivity contribution in [3.63, 3.8) is 0 Å². The van der Waals surface area contributed by atoms with Crippen molar-refractivity contribution in [3.05, 3.63) is 70.8 Å². The predicted molar refractivity (Wildman–Crippen MR) is 99.1 cm³/mol. The van der Waals surface area contributed by atoms with E-state index in [1.54, 1.807) is 0 Å². The fraction of sp³-hybridized carbons (Fsp3) is 0.316. The van der Waals surface area contributed by atoms with Gasteiger partial charge in [-0.25, -0.2) is 0 Å². The summed E-state index contributed by atoms with van der Waals surface area (Å²) >= 11 is 3.98. The highest BCUT2D eigenvalue weighted by atomic mass is 32.2. The lowest BCUT2D eigenvalue weighted by Crippen LogP contribution is -2.27. The molecule has 1 aliphatic carbocycles. The van der Waals surface area contributed by atoms with Gasteiger partial charge in [0, 0.05) is 17.1 Å². The number of hydrogen-bond donors (Lipinski definition) is 1. The SMILES string of the molecule is O=C(NC1CCc2ccccc21)c1ccc(C2SCCS2)cc1. The van der Waals surface area contributed by atoms with Gasteiger partial charge in [0.1, 0.15) is 0 Å². The largest absolute Gasteiger partial charge is 0.345 e. The number of carbonyl (C=O) groups is 1. The van der Waals surface area contributed by atoms with Crippen LogP contribution in [0, 0.1) is 0 Å².